The SMILES string of the molecule is COC(=O)c1nc(-n2cc(C(F)(F)F)cn2)ccc1B1OC(C)(C)C(C)(C)O1. The van der Waals surface area contributed by atoms with Crippen LogP contribution in [-0.4, -0.2) is 46.2 Å². The molecule has 1 aliphatic rings. The molecule has 0 N–H and O–H groups in total. The first-order chi connectivity index (χ1) is 12.9. The third-order valence-corrected chi connectivity index (χ3v) is 4.94. The molecule has 1 fully saturated rings. The highest BCUT2D eigenvalue weighted by Crippen LogP contribution is 2.36. The van der Waals surface area contributed by atoms with Crippen LogP contribution < -0.4 is 5.46 Å². The van der Waals surface area contributed by atoms with Crippen molar-refractivity contribution in [2.75, 3.05) is 7.11 Å². The van der Waals surface area contributed by atoms with Crippen LogP contribution in [0.4, 0.5) is 13.2 Å². The number of carbonyl (C=O) groups is 1. The molecule has 0 radical (unpaired) electrons. The molecule has 0 aliphatic carbocycles. The Hall–Kier alpha value is -2.40. The number of nitrogens with zero attached hydrogens (tertiary/aromatic N) is 3. The average Bonchev–Trinajstić information content (AvgIpc) is 3.16. The molecule has 2 aromatic rings. The van der Waals surface area contributed by atoms with E-state index in [4.69, 9.17) is 14.0 Å². The molecule has 28 heavy (non-hydrogen) atoms. The molecular formula is C17H19BF3N3O4. The molecule has 1 saturated heterocycles. The third-order valence-electron chi connectivity index (χ3n) is 4.94. The zero-order valence-corrected chi connectivity index (χ0v) is 16.0. The van der Waals surface area contributed by atoms with Gasteiger partial charge in [0.05, 0.1) is 30.1 Å². The summed E-state index contributed by atoms with van der Waals surface area (Å²) in [6.07, 6.45) is -3.06. The van der Waals surface area contributed by atoms with Crippen LogP contribution in [0, 0.1) is 0 Å². The van der Waals surface area contributed by atoms with E-state index in [1.54, 1.807) is 0 Å². The van der Waals surface area contributed by atoms with Gasteiger partial charge in [-0.25, -0.2) is 14.5 Å². The number of carbonyl (C=O) groups excluding carboxylic acids is 1. The summed E-state index contributed by atoms with van der Waals surface area (Å²) in [6, 6.07) is 2.94. The number of ether oxygens (including phenoxy) is 1. The van der Waals surface area contributed by atoms with Crippen molar-refractivity contribution in [2.45, 2.75) is 45.1 Å². The smallest absolute Gasteiger partial charge is 0.464 e. The lowest BCUT2D eigenvalue weighted by Gasteiger charge is -2.32. The lowest BCUT2D eigenvalue weighted by atomic mass is 9.77. The van der Waals surface area contributed by atoms with Crippen molar-refractivity contribution in [3.05, 3.63) is 35.8 Å². The van der Waals surface area contributed by atoms with Crippen LogP contribution in [0.1, 0.15) is 43.7 Å². The van der Waals surface area contributed by atoms with Gasteiger partial charge in [0, 0.05) is 11.7 Å². The van der Waals surface area contributed by atoms with Crippen LogP contribution in [-0.2, 0) is 20.2 Å². The first-order valence-electron chi connectivity index (χ1n) is 8.43. The zero-order valence-electron chi connectivity index (χ0n) is 16.0. The maximum absolute atomic E-state index is 12.8. The van der Waals surface area contributed by atoms with Gasteiger partial charge < -0.3 is 14.0 Å². The van der Waals surface area contributed by atoms with Crippen molar-refractivity contribution in [1.82, 2.24) is 14.8 Å². The first kappa shape index (κ1) is 20.3. The third kappa shape index (κ3) is 3.51. The Morgan fingerprint density at radius 3 is 2.29 bits per heavy atom. The molecular weight excluding hydrogens is 378 g/mol. The summed E-state index contributed by atoms with van der Waals surface area (Å²) in [6.45, 7) is 7.42. The Bertz CT molecular complexity index is 895. The van der Waals surface area contributed by atoms with Crippen LogP contribution in [0.25, 0.3) is 5.82 Å². The van der Waals surface area contributed by atoms with E-state index in [1.165, 1.54) is 19.2 Å². The van der Waals surface area contributed by atoms with Crippen LogP contribution >= 0.6 is 0 Å². The first-order valence-corrected chi connectivity index (χ1v) is 8.43. The number of pyridine rings is 1. The lowest BCUT2D eigenvalue weighted by molar-refractivity contribution is -0.137. The topological polar surface area (TPSA) is 75.5 Å². The van der Waals surface area contributed by atoms with E-state index in [0.717, 1.165) is 10.9 Å². The van der Waals surface area contributed by atoms with E-state index in [-0.39, 0.29) is 11.5 Å². The van der Waals surface area contributed by atoms with E-state index in [0.29, 0.717) is 11.7 Å². The number of rotatable bonds is 3. The molecule has 0 spiro atoms. The van der Waals surface area contributed by atoms with Crippen molar-refractivity contribution < 1.29 is 32.0 Å². The number of aromatic nitrogens is 3. The van der Waals surface area contributed by atoms with E-state index in [9.17, 15) is 18.0 Å². The Balaban J connectivity index is 2.02. The normalized spacial score (nSPS) is 18.4. The lowest BCUT2D eigenvalue weighted by Crippen LogP contribution is -2.41. The monoisotopic (exact) mass is 397 g/mol. The number of hydrogen-bond donors (Lipinski definition) is 0. The van der Waals surface area contributed by atoms with Gasteiger partial charge in [0.25, 0.3) is 0 Å². The van der Waals surface area contributed by atoms with Gasteiger partial charge in [-0.1, -0.05) is 6.07 Å². The molecule has 0 atom stereocenters. The highest BCUT2D eigenvalue weighted by Gasteiger charge is 2.52. The molecule has 11 heteroatoms. The van der Waals surface area contributed by atoms with Crippen LogP contribution in [0.5, 0.6) is 0 Å². The van der Waals surface area contributed by atoms with Crippen LogP contribution in [0.15, 0.2) is 24.5 Å². The van der Waals surface area contributed by atoms with Gasteiger partial charge in [-0.2, -0.15) is 18.3 Å². The molecule has 1 aliphatic heterocycles. The van der Waals surface area contributed by atoms with Crippen LogP contribution in [0.2, 0.25) is 0 Å². The fourth-order valence-electron chi connectivity index (χ4n) is 2.60. The van der Waals surface area contributed by atoms with Gasteiger partial charge in [0.2, 0.25) is 0 Å². The Morgan fingerprint density at radius 1 is 1.18 bits per heavy atom. The molecule has 7 nitrogen and oxygen atoms in total. The quantitative estimate of drug-likeness (QED) is 0.585. The fraction of sp³-hybridized carbons (Fsp3) is 0.471. The van der Waals surface area contributed by atoms with Crippen LogP contribution in [0.3, 0.4) is 0 Å². The fourth-order valence-corrected chi connectivity index (χ4v) is 2.60. The standard InChI is InChI=1S/C17H19BF3N3O4/c1-15(2)16(3,4)28-18(27-15)11-6-7-12(23-13(11)14(25)26-5)24-9-10(8-22-24)17(19,20)21/h6-9H,1-5H3. The maximum atomic E-state index is 12.8. The molecule has 0 unspecified atom stereocenters. The summed E-state index contributed by atoms with van der Waals surface area (Å²) >= 11 is 0. The minimum Gasteiger partial charge on any atom is -0.464 e. The second-order valence-corrected chi connectivity index (χ2v) is 7.36. The highest BCUT2D eigenvalue weighted by atomic mass is 19.4. The van der Waals surface area contributed by atoms with Gasteiger partial charge in [0.1, 0.15) is 0 Å². The van der Waals surface area contributed by atoms with Crippen molar-refractivity contribution in [3.63, 3.8) is 0 Å². The summed E-state index contributed by atoms with van der Waals surface area (Å²) < 4.78 is 56.0. The van der Waals surface area contributed by atoms with Gasteiger partial charge in [0.15, 0.2) is 11.5 Å². The zero-order chi connectivity index (χ0) is 20.9. The molecule has 3 heterocycles. The van der Waals surface area contributed by atoms with E-state index in [1.807, 2.05) is 27.7 Å². The van der Waals surface area contributed by atoms with Crippen molar-refractivity contribution in [1.29, 1.82) is 0 Å². The number of hydrogen-bond acceptors (Lipinski definition) is 6. The second-order valence-electron chi connectivity index (χ2n) is 7.36. The van der Waals surface area contributed by atoms with Crippen molar-refractivity contribution in [2.24, 2.45) is 0 Å². The summed E-state index contributed by atoms with van der Waals surface area (Å²) in [5.74, 6) is -0.745. The number of esters is 1. The predicted molar refractivity (Wildman–Crippen MR) is 93.4 cm³/mol. The van der Waals surface area contributed by atoms with Gasteiger partial charge >= 0.3 is 19.3 Å². The number of alkyl halides is 3. The molecule has 0 aromatic carbocycles. The summed E-state index contributed by atoms with van der Waals surface area (Å²) in [4.78, 5) is 16.4. The molecule has 0 amide bonds. The van der Waals surface area contributed by atoms with Gasteiger partial charge in [-0.15, -0.1) is 0 Å². The number of methoxy groups -OCH3 is 1. The van der Waals surface area contributed by atoms with Gasteiger partial charge in [-0.3, -0.25) is 0 Å². The second kappa shape index (κ2) is 6.59. The maximum Gasteiger partial charge on any atom is 0.497 e. The van der Waals surface area contributed by atoms with E-state index in [2.05, 4.69) is 10.1 Å². The molecule has 2 aromatic heterocycles. The van der Waals surface area contributed by atoms with Crippen molar-refractivity contribution >= 4 is 18.6 Å². The minimum absolute atomic E-state index is 0.0242. The molecule has 0 saturated carbocycles. The summed E-state index contributed by atoms with van der Waals surface area (Å²) in [5, 5.41) is 3.67. The minimum atomic E-state index is -4.54. The van der Waals surface area contributed by atoms with E-state index >= 15 is 0 Å². The Morgan fingerprint density at radius 2 is 1.79 bits per heavy atom. The van der Waals surface area contributed by atoms with Gasteiger partial charge in [-0.05, 0) is 33.8 Å². The largest absolute Gasteiger partial charge is 0.497 e. The Labute approximate surface area is 159 Å². The molecule has 3 rings (SSSR count). The average molecular weight is 397 g/mol. The number of halogens is 3. The summed E-state index contributed by atoms with van der Waals surface area (Å²) in [7, 11) is 0.296. The molecule has 0 bridgehead atoms. The van der Waals surface area contributed by atoms with E-state index < -0.39 is 36.0 Å². The summed E-state index contributed by atoms with van der Waals surface area (Å²) in [5.41, 5.74) is -2.02. The van der Waals surface area contributed by atoms with Crippen molar-refractivity contribution in [3.8, 4) is 5.82 Å². The highest BCUT2D eigenvalue weighted by molar-refractivity contribution is 6.63. The molecule has 150 valence electrons. The predicted octanol–water partition coefficient (Wildman–Crippen LogP) is 2.37. The Kier molecular flexibility index (Phi) is 4.79.